The zero-order valence-corrected chi connectivity index (χ0v) is 12.6. The third-order valence-corrected chi connectivity index (χ3v) is 4.49. The predicted molar refractivity (Wildman–Crippen MR) is 82.3 cm³/mol. The Balaban J connectivity index is 1.54. The summed E-state index contributed by atoms with van der Waals surface area (Å²) in [6.45, 7) is 4.38. The highest BCUT2D eigenvalue weighted by atomic mass is 15.3. The van der Waals surface area contributed by atoms with Crippen molar-refractivity contribution in [1.82, 2.24) is 4.90 Å². The molecule has 0 aromatic heterocycles. The Labute approximate surface area is 118 Å². The summed E-state index contributed by atoms with van der Waals surface area (Å²) in [6, 6.07) is 0.608. The lowest BCUT2D eigenvalue weighted by molar-refractivity contribution is 0.304. The SMILES string of the molecule is CCCCCCCCCC1CN=C(N)N1CC1CC1. The molecular formula is C16H31N3. The van der Waals surface area contributed by atoms with Crippen LogP contribution in [0.1, 0.15) is 71.1 Å². The normalized spacial score (nSPS) is 22.9. The van der Waals surface area contributed by atoms with Crippen LogP contribution in [-0.4, -0.2) is 30.0 Å². The molecule has 1 unspecified atom stereocenters. The highest BCUT2D eigenvalue weighted by molar-refractivity contribution is 5.80. The van der Waals surface area contributed by atoms with Crippen molar-refractivity contribution in [3.8, 4) is 0 Å². The Morgan fingerprint density at radius 2 is 1.79 bits per heavy atom. The van der Waals surface area contributed by atoms with E-state index < -0.39 is 0 Å². The second kappa shape index (κ2) is 7.76. The van der Waals surface area contributed by atoms with Crippen LogP contribution < -0.4 is 5.73 Å². The molecule has 3 nitrogen and oxygen atoms in total. The molecule has 0 bridgehead atoms. The van der Waals surface area contributed by atoms with E-state index >= 15 is 0 Å². The molecule has 0 radical (unpaired) electrons. The highest BCUT2D eigenvalue weighted by Crippen LogP contribution is 2.31. The lowest BCUT2D eigenvalue weighted by Crippen LogP contribution is -2.41. The minimum atomic E-state index is 0.608. The van der Waals surface area contributed by atoms with Crippen LogP contribution >= 0.6 is 0 Å². The van der Waals surface area contributed by atoms with Crippen molar-refractivity contribution < 1.29 is 0 Å². The van der Waals surface area contributed by atoms with E-state index in [9.17, 15) is 0 Å². The molecule has 0 spiro atoms. The third kappa shape index (κ3) is 5.04. The minimum Gasteiger partial charge on any atom is -0.370 e. The number of nitrogens with two attached hydrogens (primary N) is 1. The molecule has 1 atom stereocenters. The van der Waals surface area contributed by atoms with Crippen LogP contribution in [0.3, 0.4) is 0 Å². The van der Waals surface area contributed by atoms with E-state index in [1.165, 1.54) is 64.2 Å². The van der Waals surface area contributed by atoms with Crippen LogP contribution in [0.25, 0.3) is 0 Å². The Bertz CT molecular complexity index is 284. The van der Waals surface area contributed by atoms with Gasteiger partial charge < -0.3 is 10.6 Å². The molecule has 0 aromatic carbocycles. The fourth-order valence-electron chi connectivity index (χ4n) is 2.98. The quantitative estimate of drug-likeness (QED) is 0.614. The first-order chi connectivity index (χ1) is 9.31. The van der Waals surface area contributed by atoms with Crippen molar-refractivity contribution in [3.63, 3.8) is 0 Å². The molecular weight excluding hydrogens is 234 g/mol. The van der Waals surface area contributed by atoms with Crippen LogP contribution in [0, 0.1) is 5.92 Å². The number of aliphatic imine (C=N–C) groups is 1. The van der Waals surface area contributed by atoms with Gasteiger partial charge in [-0.3, -0.25) is 4.99 Å². The lowest BCUT2D eigenvalue weighted by atomic mass is 10.0. The van der Waals surface area contributed by atoms with E-state index in [1.807, 2.05) is 0 Å². The Morgan fingerprint density at radius 3 is 2.47 bits per heavy atom. The molecule has 2 aliphatic rings. The van der Waals surface area contributed by atoms with Crippen LogP contribution in [0.2, 0.25) is 0 Å². The number of hydrogen-bond acceptors (Lipinski definition) is 3. The van der Waals surface area contributed by atoms with Crippen molar-refractivity contribution in [3.05, 3.63) is 0 Å². The number of guanidine groups is 1. The molecule has 0 amide bonds. The summed E-state index contributed by atoms with van der Waals surface area (Å²) in [7, 11) is 0. The second-order valence-corrected chi connectivity index (χ2v) is 6.36. The predicted octanol–water partition coefficient (Wildman–Crippen LogP) is 3.54. The molecule has 1 aliphatic heterocycles. The van der Waals surface area contributed by atoms with Gasteiger partial charge in [-0.15, -0.1) is 0 Å². The monoisotopic (exact) mass is 265 g/mol. The molecule has 0 saturated heterocycles. The standard InChI is InChI=1S/C16H31N3/c1-2-3-4-5-6-7-8-9-15-12-18-16(17)19(15)13-14-10-11-14/h14-15H,2-13H2,1H3,(H2,17,18). The van der Waals surface area contributed by atoms with Gasteiger partial charge in [0.25, 0.3) is 0 Å². The Kier molecular flexibility index (Phi) is 5.99. The summed E-state index contributed by atoms with van der Waals surface area (Å²) in [5.41, 5.74) is 6.01. The van der Waals surface area contributed by atoms with Crippen molar-refractivity contribution in [2.75, 3.05) is 13.1 Å². The third-order valence-electron chi connectivity index (χ3n) is 4.49. The van der Waals surface area contributed by atoms with Crippen molar-refractivity contribution in [2.24, 2.45) is 16.6 Å². The summed E-state index contributed by atoms with van der Waals surface area (Å²) < 4.78 is 0. The molecule has 0 aromatic rings. The van der Waals surface area contributed by atoms with Crippen LogP contribution in [-0.2, 0) is 0 Å². The zero-order valence-electron chi connectivity index (χ0n) is 12.6. The van der Waals surface area contributed by atoms with Gasteiger partial charge in [-0.2, -0.15) is 0 Å². The van der Waals surface area contributed by atoms with E-state index in [1.54, 1.807) is 0 Å². The Morgan fingerprint density at radius 1 is 1.11 bits per heavy atom. The maximum atomic E-state index is 6.01. The van der Waals surface area contributed by atoms with E-state index in [-0.39, 0.29) is 0 Å². The van der Waals surface area contributed by atoms with Gasteiger partial charge in [0.1, 0.15) is 0 Å². The maximum absolute atomic E-state index is 6.01. The average Bonchev–Trinajstić information content (AvgIpc) is 3.16. The van der Waals surface area contributed by atoms with E-state index in [4.69, 9.17) is 5.73 Å². The summed E-state index contributed by atoms with van der Waals surface area (Å²) in [5, 5.41) is 0. The topological polar surface area (TPSA) is 41.6 Å². The summed E-state index contributed by atoms with van der Waals surface area (Å²) >= 11 is 0. The second-order valence-electron chi connectivity index (χ2n) is 6.36. The molecule has 2 rings (SSSR count). The molecule has 1 fully saturated rings. The zero-order chi connectivity index (χ0) is 13.5. The van der Waals surface area contributed by atoms with Gasteiger partial charge in [-0.25, -0.2) is 0 Å². The van der Waals surface area contributed by atoms with Crippen molar-refractivity contribution in [1.29, 1.82) is 0 Å². The first-order valence-corrected chi connectivity index (χ1v) is 8.37. The number of hydrogen-bond donors (Lipinski definition) is 1. The van der Waals surface area contributed by atoms with Gasteiger partial charge in [0.2, 0.25) is 0 Å². The first kappa shape index (κ1) is 14.7. The highest BCUT2D eigenvalue weighted by Gasteiger charge is 2.31. The lowest BCUT2D eigenvalue weighted by Gasteiger charge is -2.26. The van der Waals surface area contributed by atoms with Crippen LogP contribution in [0.15, 0.2) is 4.99 Å². The maximum Gasteiger partial charge on any atom is 0.191 e. The smallest absolute Gasteiger partial charge is 0.191 e. The van der Waals surface area contributed by atoms with Gasteiger partial charge >= 0.3 is 0 Å². The minimum absolute atomic E-state index is 0.608. The number of unbranched alkanes of at least 4 members (excludes halogenated alkanes) is 6. The largest absolute Gasteiger partial charge is 0.370 e. The molecule has 110 valence electrons. The molecule has 19 heavy (non-hydrogen) atoms. The van der Waals surface area contributed by atoms with Crippen LogP contribution in [0.5, 0.6) is 0 Å². The molecule has 2 N–H and O–H groups in total. The fourth-order valence-corrected chi connectivity index (χ4v) is 2.98. The first-order valence-electron chi connectivity index (χ1n) is 8.37. The van der Waals surface area contributed by atoms with Gasteiger partial charge in [0, 0.05) is 6.54 Å². The van der Waals surface area contributed by atoms with E-state index in [0.29, 0.717) is 6.04 Å². The molecule has 1 saturated carbocycles. The van der Waals surface area contributed by atoms with Gasteiger partial charge in [0.15, 0.2) is 5.96 Å². The summed E-state index contributed by atoms with van der Waals surface area (Å²) in [4.78, 5) is 6.82. The van der Waals surface area contributed by atoms with Gasteiger partial charge in [-0.05, 0) is 25.2 Å². The van der Waals surface area contributed by atoms with E-state index in [0.717, 1.165) is 25.0 Å². The summed E-state index contributed by atoms with van der Waals surface area (Å²) in [5.74, 6) is 1.71. The van der Waals surface area contributed by atoms with Crippen molar-refractivity contribution >= 4 is 5.96 Å². The number of nitrogens with zero attached hydrogens (tertiary/aromatic N) is 2. The van der Waals surface area contributed by atoms with Crippen molar-refractivity contribution in [2.45, 2.75) is 77.2 Å². The van der Waals surface area contributed by atoms with Crippen LogP contribution in [0.4, 0.5) is 0 Å². The Hall–Kier alpha value is -0.730. The van der Waals surface area contributed by atoms with Gasteiger partial charge in [0.05, 0.1) is 12.6 Å². The van der Waals surface area contributed by atoms with Gasteiger partial charge in [-0.1, -0.05) is 51.9 Å². The number of rotatable bonds is 10. The molecule has 3 heteroatoms. The van der Waals surface area contributed by atoms with E-state index in [2.05, 4.69) is 16.8 Å². The average molecular weight is 265 g/mol. The fraction of sp³-hybridized carbons (Fsp3) is 0.938. The summed E-state index contributed by atoms with van der Waals surface area (Å²) in [6.07, 6.45) is 13.8. The molecule has 1 heterocycles. The molecule has 1 aliphatic carbocycles.